The maximum atomic E-state index is 12.1. The molecule has 1 fully saturated rings. The summed E-state index contributed by atoms with van der Waals surface area (Å²) in [6.07, 6.45) is 0. The molecule has 1 aliphatic rings. The first kappa shape index (κ1) is 16.8. The van der Waals surface area contributed by atoms with E-state index in [-0.39, 0.29) is 6.03 Å². The summed E-state index contributed by atoms with van der Waals surface area (Å²) in [7, 11) is 2.14. The lowest BCUT2D eigenvalue weighted by molar-refractivity contribution is 0.262. The Hall–Kier alpha value is -3.04. The lowest BCUT2D eigenvalue weighted by Crippen LogP contribution is -2.44. The molecule has 0 unspecified atom stereocenters. The SMILES string of the molecule is CN1CCN(c2ccc(NC(=O)Nc3ccc(C#N)cc3)cc2)CC1. The summed E-state index contributed by atoms with van der Waals surface area (Å²) < 4.78 is 0. The van der Waals surface area contributed by atoms with Crippen molar-refractivity contribution in [3.8, 4) is 6.07 Å². The van der Waals surface area contributed by atoms with Crippen molar-refractivity contribution < 1.29 is 4.79 Å². The first-order valence-electron chi connectivity index (χ1n) is 8.26. The van der Waals surface area contributed by atoms with Gasteiger partial charge in [-0.2, -0.15) is 5.26 Å². The lowest BCUT2D eigenvalue weighted by Gasteiger charge is -2.34. The van der Waals surface area contributed by atoms with Gasteiger partial charge in [-0.1, -0.05) is 0 Å². The van der Waals surface area contributed by atoms with Crippen LogP contribution in [0.2, 0.25) is 0 Å². The van der Waals surface area contributed by atoms with Gasteiger partial charge in [0, 0.05) is 43.2 Å². The van der Waals surface area contributed by atoms with Crippen molar-refractivity contribution in [3.63, 3.8) is 0 Å². The van der Waals surface area contributed by atoms with Crippen LogP contribution in [0.3, 0.4) is 0 Å². The van der Waals surface area contributed by atoms with Crippen LogP contribution in [0.25, 0.3) is 0 Å². The molecular formula is C19H21N5O. The molecule has 2 N–H and O–H groups in total. The Balaban J connectivity index is 1.55. The number of hydrogen-bond acceptors (Lipinski definition) is 4. The molecule has 2 amide bonds. The van der Waals surface area contributed by atoms with Crippen LogP contribution in [-0.2, 0) is 0 Å². The zero-order valence-electron chi connectivity index (χ0n) is 14.2. The second-order valence-electron chi connectivity index (χ2n) is 6.11. The molecule has 0 saturated carbocycles. The van der Waals surface area contributed by atoms with E-state index in [0.29, 0.717) is 11.3 Å². The second-order valence-corrected chi connectivity index (χ2v) is 6.11. The Morgan fingerprint density at radius 2 is 1.44 bits per heavy atom. The first-order valence-corrected chi connectivity index (χ1v) is 8.26. The first-order chi connectivity index (χ1) is 12.1. The Kier molecular flexibility index (Phi) is 5.17. The number of carbonyl (C=O) groups is 1. The van der Waals surface area contributed by atoms with Gasteiger partial charge < -0.3 is 20.4 Å². The van der Waals surface area contributed by atoms with E-state index in [0.717, 1.165) is 31.9 Å². The van der Waals surface area contributed by atoms with Crippen LogP contribution >= 0.6 is 0 Å². The fraction of sp³-hybridized carbons (Fsp3) is 0.263. The summed E-state index contributed by atoms with van der Waals surface area (Å²) >= 11 is 0. The van der Waals surface area contributed by atoms with Crippen molar-refractivity contribution >= 4 is 23.1 Å². The molecule has 0 aromatic heterocycles. The number of carbonyl (C=O) groups excluding carboxylic acids is 1. The van der Waals surface area contributed by atoms with Crippen molar-refractivity contribution in [2.24, 2.45) is 0 Å². The highest BCUT2D eigenvalue weighted by atomic mass is 16.2. The second kappa shape index (κ2) is 7.69. The fourth-order valence-corrected chi connectivity index (χ4v) is 2.74. The molecule has 1 aliphatic heterocycles. The van der Waals surface area contributed by atoms with E-state index in [9.17, 15) is 4.79 Å². The number of likely N-dealkylation sites (N-methyl/N-ethyl adjacent to an activating group) is 1. The molecule has 3 rings (SSSR count). The van der Waals surface area contributed by atoms with Crippen molar-refractivity contribution in [2.75, 3.05) is 48.8 Å². The number of piperazine rings is 1. The number of urea groups is 1. The topological polar surface area (TPSA) is 71.4 Å². The van der Waals surface area contributed by atoms with Crippen LogP contribution in [0.1, 0.15) is 5.56 Å². The average molecular weight is 335 g/mol. The molecule has 1 saturated heterocycles. The van der Waals surface area contributed by atoms with E-state index in [1.807, 2.05) is 30.3 Å². The van der Waals surface area contributed by atoms with E-state index in [1.165, 1.54) is 5.69 Å². The van der Waals surface area contributed by atoms with Gasteiger partial charge in [0.15, 0.2) is 0 Å². The van der Waals surface area contributed by atoms with Crippen LogP contribution in [0.5, 0.6) is 0 Å². The third-order valence-corrected chi connectivity index (χ3v) is 4.27. The zero-order chi connectivity index (χ0) is 17.6. The molecular weight excluding hydrogens is 314 g/mol. The summed E-state index contributed by atoms with van der Waals surface area (Å²) in [5.41, 5.74) is 3.12. The lowest BCUT2D eigenvalue weighted by atomic mass is 10.2. The van der Waals surface area contributed by atoms with Gasteiger partial charge in [-0.05, 0) is 55.6 Å². The molecule has 0 radical (unpaired) electrons. The molecule has 0 atom stereocenters. The number of anilines is 3. The molecule has 6 nitrogen and oxygen atoms in total. The maximum Gasteiger partial charge on any atom is 0.323 e. The molecule has 0 spiro atoms. The normalized spacial score (nSPS) is 14.6. The largest absolute Gasteiger partial charge is 0.369 e. The number of hydrogen-bond donors (Lipinski definition) is 2. The minimum atomic E-state index is -0.308. The molecule has 1 heterocycles. The summed E-state index contributed by atoms with van der Waals surface area (Å²) in [5.74, 6) is 0. The highest BCUT2D eigenvalue weighted by Crippen LogP contribution is 2.19. The Labute approximate surface area is 147 Å². The van der Waals surface area contributed by atoms with Gasteiger partial charge in [0.2, 0.25) is 0 Å². The highest BCUT2D eigenvalue weighted by molar-refractivity contribution is 5.99. The molecule has 25 heavy (non-hydrogen) atoms. The summed E-state index contributed by atoms with van der Waals surface area (Å²) in [4.78, 5) is 16.7. The van der Waals surface area contributed by atoms with Crippen LogP contribution in [-0.4, -0.2) is 44.2 Å². The highest BCUT2D eigenvalue weighted by Gasteiger charge is 2.14. The Morgan fingerprint density at radius 3 is 1.96 bits per heavy atom. The number of amides is 2. The van der Waals surface area contributed by atoms with Crippen LogP contribution in [0, 0.1) is 11.3 Å². The third-order valence-electron chi connectivity index (χ3n) is 4.27. The van der Waals surface area contributed by atoms with Gasteiger partial charge in [-0.3, -0.25) is 0 Å². The molecule has 128 valence electrons. The van der Waals surface area contributed by atoms with E-state index in [4.69, 9.17) is 5.26 Å². The predicted molar refractivity (Wildman–Crippen MR) is 100.0 cm³/mol. The number of nitrogens with one attached hydrogen (secondary N) is 2. The van der Waals surface area contributed by atoms with Crippen LogP contribution < -0.4 is 15.5 Å². The molecule has 0 bridgehead atoms. The average Bonchev–Trinajstić information content (AvgIpc) is 2.64. The fourth-order valence-electron chi connectivity index (χ4n) is 2.74. The molecule has 2 aromatic carbocycles. The third kappa shape index (κ3) is 4.49. The number of nitrogens with zero attached hydrogens (tertiary/aromatic N) is 3. The standard InChI is InChI=1S/C19H21N5O/c1-23-10-12-24(13-11-23)18-8-6-17(7-9-18)22-19(25)21-16-4-2-15(14-20)3-5-16/h2-9H,10-13H2,1H3,(H2,21,22,25). The Morgan fingerprint density at radius 1 is 0.920 bits per heavy atom. The van der Waals surface area contributed by atoms with E-state index < -0.39 is 0 Å². The van der Waals surface area contributed by atoms with Gasteiger partial charge >= 0.3 is 6.03 Å². The minimum absolute atomic E-state index is 0.308. The van der Waals surface area contributed by atoms with Gasteiger partial charge in [-0.25, -0.2) is 4.79 Å². The van der Waals surface area contributed by atoms with Gasteiger partial charge in [0.05, 0.1) is 11.6 Å². The van der Waals surface area contributed by atoms with Gasteiger partial charge in [0.25, 0.3) is 0 Å². The summed E-state index contributed by atoms with van der Waals surface area (Å²) in [5, 5.41) is 14.3. The predicted octanol–water partition coefficient (Wildman–Crippen LogP) is 2.95. The molecule has 2 aromatic rings. The summed E-state index contributed by atoms with van der Waals surface area (Å²) in [6.45, 7) is 4.16. The smallest absolute Gasteiger partial charge is 0.323 e. The quantitative estimate of drug-likeness (QED) is 0.905. The number of benzene rings is 2. The van der Waals surface area contributed by atoms with Crippen molar-refractivity contribution in [3.05, 3.63) is 54.1 Å². The Bertz CT molecular complexity index is 756. The van der Waals surface area contributed by atoms with E-state index in [2.05, 4.69) is 27.5 Å². The van der Waals surface area contributed by atoms with Crippen molar-refractivity contribution in [1.29, 1.82) is 5.26 Å². The molecule has 6 heteroatoms. The maximum absolute atomic E-state index is 12.1. The summed E-state index contributed by atoms with van der Waals surface area (Å²) in [6, 6.07) is 16.4. The van der Waals surface area contributed by atoms with Crippen LogP contribution in [0.15, 0.2) is 48.5 Å². The monoisotopic (exact) mass is 335 g/mol. The van der Waals surface area contributed by atoms with E-state index >= 15 is 0 Å². The van der Waals surface area contributed by atoms with E-state index in [1.54, 1.807) is 24.3 Å². The molecule has 0 aliphatic carbocycles. The van der Waals surface area contributed by atoms with Crippen molar-refractivity contribution in [2.45, 2.75) is 0 Å². The van der Waals surface area contributed by atoms with Gasteiger partial charge in [-0.15, -0.1) is 0 Å². The minimum Gasteiger partial charge on any atom is -0.369 e. The van der Waals surface area contributed by atoms with Crippen LogP contribution in [0.4, 0.5) is 21.9 Å². The number of nitriles is 1. The zero-order valence-corrected chi connectivity index (χ0v) is 14.2. The van der Waals surface area contributed by atoms with Crippen molar-refractivity contribution in [1.82, 2.24) is 4.90 Å². The van der Waals surface area contributed by atoms with Gasteiger partial charge in [0.1, 0.15) is 0 Å². The number of rotatable bonds is 3.